The molecule has 0 atom stereocenters. The highest BCUT2D eigenvalue weighted by Gasteiger charge is 2.19. The van der Waals surface area contributed by atoms with Gasteiger partial charge in [0.25, 0.3) is 0 Å². The van der Waals surface area contributed by atoms with E-state index in [0.717, 1.165) is 10.7 Å². The second-order valence-corrected chi connectivity index (χ2v) is 6.05. The van der Waals surface area contributed by atoms with Crippen LogP contribution in [0.1, 0.15) is 11.9 Å². The molecule has 0 aliphatic carbocycles. The van der Waals surface area contributed by atoms with Crippen molar-refractivity contribution < 1.29 is 14.6 Å². The minimum Gasteiger partial charge on any atom is -0.506 e. The summed E-state index contributed by atoms with van der Waals surface area (Å²) in [5, 5.41) is 9.96. The summed E-state index contributed by atoms with van der Waals surface area (Å²) < 4.78 is 13.2. The van der Waals surface area contributed by atoms with Crippen LogP contribution in [0.2, 0.25) is 0 Å². The minimum absolute atomic E-state index is 0.231. The molecule has 0 radical (unpaired) electrons. The van der Waals surface area contributed by atoms with Crippen LogP contribution < -0.4 is 0 Å². The lowest BCUT2D eigenvalue weighted by molar-refractivity contribution is -0.107. The first-order valence-electron chi connectivity index (χ1n) is 3.94. The van der Waals surface area contributed by atoms with Crippen molar-refractivity contribution in [2.75, 3.05) is 14.2 Å². The average molecular weight is 546 g/mol. The lowest BCUT2D eigenvalue weighted by atomic mass is 10.2. The van der Waals surface area contributed by atoms with Gasteiger partial charge in [0.15, 0.2) is 6.29 Å². The third-order valence-electron chi connectivity index (χ3n) is 1.85. The molecule has 0 aliphatic rings. The number of aromatic hydroxyl groups is 1. The predicted octanol–water partition coefficient (Wildman–Crippen LogP) is 3.50. The lowest BCUT2D eigenvalue weighted by Crippen LogP contribution is -2.06. The number of benzene rings is 1. The molecular formula is C9H9I3O3. The fourth-order valence-electron chi connectivity index (χ4n) is 1.13. The van der Waals surface area contributed by atoms with Gasteiger partial charge in [0.05, 0.1) is 9.13 Å². The molecule has 0 saturated carbocycles. The molecular weight excluding hydrogens is 537 g/mol. The van der Waals surface area contributed by atoms with Gasteiger partial charge in [-0.2, -0.15) is 0 Å². The molecule has 15 heavy (non-hydrogen) atoms. The normalized spacial score (nSPS) is 11.1. The minimum atomic E-state index is -0.524. The summed E-state index contributed by atoms with van der Waals surface area (Å²) in [6.07, 6.45) is -0.524. The van der Waals surface area contributed by atoms with Gasteiger partial charge in [0.1, 0.15) is 5.75 Å². The quantitative estimate of drug-likeness (QED) is 0.359. The van der Waals surface area contributed by atoms with Crippen LogP contribution in [0.3, 0.4) is 0 Å². The van der Waals surface area contributed by atoms with Crippen molar-refractivity contribution >= 4 is 67.8 Å². The number of phenolic OH excluding ortho intramolecular Hbond substituents is 1. The SMILES string of the molecule is COC(OC)c1cc(I)c(I)c(I)c1O. The number of ether oxygens (including phenoxy) is 2. The summed E-state index contributed by atoms with van der Waals surface area (Å²) in [5.74, 6) is 0.231. The molecule has 0 aliphatic heterocycles. The number of rotatable bonds is 3. The molecule has 0 fully saturated rings. The first-order chi connectivity index (χ1) is 7.02. The van der Waals surface area contributed by atoms with Crippen molar-refractivity contribution in [2.45, 2.75) is 6.29 Å². The maximum absolute atomic E-state index is 9.96. The molecule has 0 bridgehead atoms. The van der Waals surface area contributed by atoms with Crippen LogP contribution in [0.25, 0.3) is 0 Å². The number of halogens is 3. The van der Waals surface area contributed by atoms with Crippen molar-refractivity contribution in [1.29, 1.82) is 0 Å². The van der Waals surface area contributed by atoms with E-state index in [-0.39, 0.29) is 5.75 Å². The van der Waals surface area contributed by atoms with Crippen molar-refractivity contribution in [2.24, 2.45) is 0 Å². The second-order valence-electron chi connectivity index (χ2n) is 2.73. The van der Waals surface area contributed by atoms with E-state index in [4.69, 9.17) is 9.47 Å². The molecule has 3 nitrogen and oxygen atoms in total. The zero-order chi connectivity index (χ0) is 11.6. The number of phenols is 1. The Bertz CT molecular complexity index is 364. The number of hydrogen-bond acceptors (Lipinski definition) is 3. The summed E-state index contributed by atoms with van der Waals surface area (Å²) in [7, 11) is 3.09. The van der Waals surface area contributed by atoms with E-state index in [0.29, 0.717) is 5.56 Å². The maximum atomic E-state index is 9.96. The standard InChI is InChI=1S/C9H9I3O3/c1-14-9(15-2)4-3-5(10)6(11)7(12)8(4)13/h3,9,13H,1-2H3. The Balaban J connectivity index is 3.31. The van der Waals surface area contributed by atoms with E-state index in [1.807, 2.05) is 6.07 Å². The van der Waals surface area contributed by atoms with Gasteiger partial charge in [-0.1, -0.05) is 0 Å². The van der Waals surface area contributed by atoms with Gasteiger partial charge in [-0.3, -0.25) is 0 Å². The van der Waals surface area contributed by atoms with Gasteiger partial charge < -0.3 is 14.6 Å². The molecule has 0 aromatic heterocycles. The third-order valence-corrected chi connectivity index (χ3v) is 6.93. The molecule has 0 spiro atoms. The Kier molecular flexibility index (Phi) is 5.84. The van der Waals surface area contributed by atoms with Crippen LogP contribution in [-0.2, 0) is 9.47 Å². The summed E-state index contributed by atoms with van der Waals surface area (Å²) in [5.41, 5.74) is 0.661. The zero-order valence-corrected chi connectivity index (χ0v) is 14.5. The van der Waals surface area contributed by atoms with Crippen molar-refractivity contribution in [3.05, 3.63) is 22.3 Å². The largest absolute Gasteiger partial charge is 0.506 e. The zero-order valence-electron chi connectivity index (χ0n) is 8.05. The van der Waals surface area contributed by atoms with Gasteiger partial charge in [-0.05, 0) is 73.8 Å². The Morgan fingerprint density at radius 1 is 1.13 bits per heavy atom. The fraction of sp³-hybridized carbons (Fsp3) is 0.333. The molecule has 1 rings (SSSR count). The van der Waals surface area contributed by atoms with Crippen molar-refractivity contribution in [3.63, 3.8) is 0 Å². The average Bonchev–Trinajstić information content (AvgIpc) is 2.24. The predicted molar refractivity (Wildman–Crippen MR) is 83.0 cm³/mol. The molecule has 1 aromatic carbocycles. The first kappa shape index (κ1) is 14.2. The van der Waals surface area contributed by atoms with Crippen molar-refractivity contribution in [3.8, 4) is 5.75 Å². The van der Waals surface area contributed by atoms with Crippen LogP contribution >= 0.6 is 67.8 Å². The van der Waals surface area contributed by atoms with Crippen LogP contribution in [0.4, 0.5) is 0 Å². The highest BCUT2D eigenvalue weighted by Crippen LogP contribution is 2.36. The fourth-order valence-corrected chi connectivity index (χ4v) is 3.27. The van der Waals surface area contributed by atoms with Crippen LogP contribution in [0.5, 0.6) is 5.75 Å². The Morgan fingerprint density at radius 3 is 2.13 bits per heavy atom. The Hall–Kier alpha value is 1.13. The van der Waals surface area contributed by atoms with E-state index in [1.54, 1.807) is 14.2 Å². The van der Waals surface area contributed by atoms with E-state index in [2.05, 4.69) is 67.8 Å². The van der Waals surface area contributed by atoms with Crippen LogP contribution in [0, 0.1) is 10.7 Å². The van der Waals surface area contributed by atoms with E-state index in [1.165, 1.54) is 0 Å². The summed E-state index contributed by atoms with van der Waals surface area (Å²) >= 11 is 6.54. The van der Waals surface area contributed by atoms with Gasteiger partial charge >= 0.3 is 0 Å². The molecule has 84 valence electrons. The maximum Gasteiger partial charge on any atom is 0.186 e. The van der Waals surface area contributed by atoms with E-state index >= 15 is 0 Å². The van der Waals surface area contributed by atoms with Crippen LogP contribution in [-0.4, -0.2) is 19.3 Å². The summed E-state index contributed by atoms with van der Waals surface area (Å²) in [6, 6.07) is 1.87. The monoisotopic (exact) mass is 546 g/mol. The molecule has 1 aromatic rings. The van der Waals surface area contributed by atoms with Gasteiger partial charge in [-0.25, -0.2) is 0 Å². The topological polar surface area (TPSA) is 38.7 Å². The smallest absolute Gasteiger partial charge is 0.186 e. The molecule has 1 N–H and O–H groups in total. The molecule has 0 saturated heterocycles. The van der Waals surface area contributed by atoms with Crippen molar-refractivity contribution in [1.82, 2.24) is 0 Å². The van der Waals surface area contributed by atoms with Gasteiger partial charge in [0, 0.05) is 21.4 Å². The number of hydrogen-bond donors (Lipinski definition) is 1. The molecule has 0 amide bonds. The number of methoxy groups -OCH3 is 2. The van der Waals surface area contributed by atoms with E-state index < -0.39 is 6.29 Å². The molecule has 0 unspecified atom stereocenters. The van der Waals surface area contributed by atoms with Gasteiger partial charge in [-0.15, -0.1) is 0 Å². The second kappa shape index (κ2) is 6.17. The summed E-state index contributed by atoms with van der Waals surface area (Å²) in [4.78, 5) is 0. The molecule has 6 heteroatoms. The first-order valence-corrected chi connectivity index (χ1v) is 7.18. The van der Waals surface area contributed by atoms with Crippen LogP contribution in [0.15, 0.2) is 6.07 Å². The van der Waals surface area contributed by atoms with E-state index in [9.17, 15) is 5.11 Å². The Labute approximate surface area is 129 Å². The van der Waals surface area contributed by atoms with Gasteiger partial charge in [0.2, 0.25) is 0 Å². The highest BCUT2D eigenvalue weighted by molar-refractivity contribution is 14.1. The highest BCUT2D eigenvalue weighted by atomic mass is 127. The third kappa shape index (κ3) is 3.07. The Morgan fingerprint density at radius 2 is 1.67 bits per heavy atom. The lowest BCUT2D eigenvalue weighted by Gasteiger charge is -2.17. The summed E-state index contributed by atoms with van der Waals surface area (Å²) in [6.45, 7) is 0. The molecule has 0 heterocycles.